The first-order chi connectivity index (χ1) is 16.3. The summed E-state index contributed by atoms with van der Waals surface area (Å²) in [5.74, 6) is 1.70. The lowest BCUT2D eigenvalue weighted by atomic mass is 10.2. The van der Waals surface area contributed by atoms with Gasteiger partial charge in [0.25, 0.3) is 0 Å². The molecule has 0 atom stereocenters. The van der Waals surface area contributed by atoms with Crippen LogP contribution in [0.15, 0.2) is 46.6 Å². The van der Waals surface area contributed by atoms with Crippen molar-refractivity contribution >= 4 is 34.6 Å². The molecule has 0 aliphatic carbocycles. The van der Waals surface area contributed by atoms with E-state index in [-0.39, 0.29) is 0 Å². The minimum atomic E-state index is 0.637. The molecule has 1 aliphatic heterocycles. The second-order valence-electron chi connectivity index (χ2n) is 7.76. The molecular weight excluding hydrogens is 456 g/mol. The smallest absolute Gasteiger partial charge is 0.166 e. The van der Waals surface area contributed by atoms with Crippen molar-refractivity contribution in [2.45, 2.75) is 22.7 Å². The molecule has 1 aromatic carbocycles. The average Bonchev–Trinajstić information content (AvgIpc) is 3.27. The molecule has 0 unspecified atom stereocenters. The number of fused-ring (bicyclic) bond motifs is 1. The van der Waals surface area contributed by atoms with Crippen LogP contribution < -0.4 is 0 Å². The molecule has 4 rings (SSSR count). The fraction of sp³-hybridized carbons (Fsp3) is 0.500. The molecule has 0 spiro atoms. The molecule has 7 nitrogen and oxygen atoms in total. The van der Waals surface area contributed by atoms with Crippen LogP contribution in [0.2, 0.25) is 0 Å². The second-order valence-corrected chi connectivity index (χ2v) is 9.86. The summed E-state index contributed by atoms with van der Waals surface area (Å²) in [6.45, 7) is 9.54. The second kappa shape index (κ2) is 13.3. The number of nitrogens with one attached hydrogen (secondary N) is 1. The largest absolute Gasteiger partial charge is 0.379 e. The summed E-state index contributed by atoms with van der Waals surface area (Å²) >= 11 is 3.50. The molecule has 178 valence electrons. The van der Waals surface area contributed by atoms with Crippen molar-refractivity contribution in [2.24, 2.45) is 0 Å². The van der Waals surface area contributed by atoms with Gasteiger partial charge in [-0.3, -0.25) is 9.88 Å². The van der Waals surface area contributed by atoms with E-state index < -0.39 is 0 Å². The van der Waals surface area contributed by atoms with Crippen LogP contribution >= 0.6 is 23.5 Å². The number of aromatic amines is 1. The minimum Gasteiger partial charge on any atom is -0.379 e. The van der Waals surface area contributed by atoms with Gasteiger partial charge in [0.2, 0.25) is 0 Å². The Morgan fingerprint density at radius 1 is 1.03 bits per heavy atom. The average molecular weight is 489 g/mol. The quantitative estimate of drug-likeness (QED) is 0.286. The van der Waals surface area contributed by atoms with Crippen LogP contribution in [-0.4, -0.2) is 84.9 Å². The molecule has 0 radical (unpaired) electrons. The van der Waals surface area contributed by atoms with E-state index in [9.17, 15) is 0 Å². The van der Waals surface area contributed by atoms with Gasteiger partial charge in [-0.15, -0.1) is 11.8 Å². The molecule has 0 amide bonds. The summed E-state index contributed by atoms with van der Waals surface area (Å²) < 4.78 is 16.8. The Morgan fingerprint density at radius 3 is 2.70 bits per heavy atom. The first kappa shape index (κ1) is 24.5. The van der Waals surface area contributed by atoms with Gasteiger partial charge in [-0.2, -0.15) is 0 Å². The third kappa shape index (κ3) is 7.70. The number of hydrogen-bond acceptors (Lipinski definition) is 8. The molecule has 1 N–H and O–H groups in total. The van der Waals surface area contributed by atoms with Crippen LogP contribution in [0, 0.1) is 6.92 Å². The number of H-pyrrole nitrogens is 1. The number of ether oxygens (including phenoxy) is 3. The molecule has 3 heterocycles. The summed E-state index contributed by atoms with van der Waals surface area (Å²) in [7, 11) is 0. The number of benzene rings is 1. The van der Waals surface area contributed by atoms with Crippen LogP contribution in [0.25, 0.3) is 11.0 Å². The van der Waals surface area contributed by atoms with Crippen molar-refractivity contribution in [2.75, 3.05) is 65.0 Å². The number of thioether (sulfide) groups is 2. The van der Waals surface area contributed by atoms with Crippen molar-refractivity contribution in [3.8, 4) is 0 Å². The highest BCUT2D eigenvalue weighted by Gasteiger charge is 2.10. The van der Waals surface area contributed by atoms with Crippen molar-refractivity contribution in [3.05, 3.63) is 47.8 Å². The third-order valence-electron chi connectivity index (χ3n) is 5.48. The van der Waals surface area contributed by atoms with Gasteiger partial charge >= 0.3 is 0 Å². The van der Waals surface area contributed by atoms with Gasteiger partial charge in [0.15, 0.2) is 5.16 Å². The van der Waals surface area contributed by atoms with Gasteiger partial charge in [-0.25, -0.2) is 4.98 Å². The number of pyridine rings is 1. The zero-order valence-electron chi connectivity index (χ0n) is 19.1. The molecular formula is C24H32N4O3S2. The number of imidazole rings is 1. The summed E-state index contributed by atoms with van der Waals surface area (Å²) in [4.78, 5) is 16.2. The Hall–Kier alpha value is -1.62. The number of para-hydroxylation sites is 2. The first-order valence-corrected chi connectivity index (χ1v) is 13.4. The Balaban J connectivity index is 1.11. The van der Waals surface area contributed by atoms with Crippen LogP contribution in [0.5, 0.6) is 0 Å². The van der Waals surface area contributed by atoms with Crippen molar-refractivity contribution in [1.82, 2.24) is 19.9 Å². The van der Waals surface area contributed by atoms with E-state index in [1.54, 1.807) is 11.8 Å². The first-order valence-electron chi connectivity index (χ1n) is 11.4. The van der Waals surface area contributed by atoms with Crippen molar-refractivity contribution in [1.29, 1.82) is 0 Å². The highest BCUT2D eigenvalue weighted by Crippen LogP contribution is 2.28. The SMILES string of the molecule is Cc1c(SCCOCCOCCN2CCOCC2)ccnc1CSc1nc2ccccc2[nH]1. The predicted molar refractivity (Wildman–Crippen MR) is 134 cm³/mol. The van der Waals surface area contributed by atoms with Crippen molar-refractivity contribution in [3.63, 3.8) is 0 Å². The molecule has 1 saturated heterocycles. The Bertz CT molecular complexity index is 962. The summed E-state index contributed by atoms with van der Waals surface area (Å²) in [6, 6.07) is 10.2. The lowest BCUT2D eigenvalue weighted by Crippen LogP contribution is -2.38. The van der Waals surface area contributed by atoms with Gasteiger partial charge in [0.1, 0.15) is 0 Å². The van der Waals surface area contributed by atoms with Gasteiger partial charge in [0.05, 0.1) is 56.4 Å². The minimum absolute atomic E-state index is 0.637. The molecule has 2 aromatic heterocycles. The maximum atomic E-state index is 5.74. The summed E-state index contributed by atoms with van der Waals surface area (Å²) in [5.41, 5.74) is 4.39. The molecule has 33 heavy (non-hydrogen) atoms. The lowest BCUT2D eigenvalue weighted by Gasteiger charge is -2.26. The molecule has 1 fully saturated rings. The Labute approximate surface area is 204 Å². The molecule has 3 aromatic rings. The van der Waals surface area contributed by atoms with E-state index in [0.29, 0.717) is 19.8 Å². The third-order valence-corrected chi connectivity index (χ3v) is 7.49. The standard InChI is InChI=1S/C24H32N4O3S2/c1-19-22(18-33-24-26-20-4-2-3-5-21(20)27-24)25-7-6-23(19)32-17-16-31-15-14-30-13-10-28-8-11-29-12-9-28/h2-7H,8-18H2,1H3,(H,26,27). The fourth-order valence-electron chi connectivity index (χ4n) is 3.55. The zero-order valence-corrected chi connectivity index (χ0v) is 20.8. The molecule has 9 heteroatoms. The lowest BCUT2D eigenvalue weighted by molar-refractivity contribution is 0.00944. The number of hydrogen-bond donors (Lipinski definition) is 1. The highest BCUT2D eigenvalue weighted by atomic mass is 32.2. The van der Waals surface area contributed by atoms with Crippen molar-refractivity contribution < 1.29 is 14.2 Å². The Kier molecular flexibility index (Phi) is 9.89. The normalized spacial score (nSPS) is 14.8. The van der Waals surface area contributed by atoms with E-state index in [1.165, 1.54) is 10.5 Å². The number of morpholine rings is 1. The van der Waals surface area contributed by atoms with E-state index in [4.69, 9.17) is 14.2 Å². The van der Waals surface area contributed by atoms with Crippen LogP contribution in [0.4, 0.5) is 0 Å². The number of aromatic nitrogens is 3. The van der Waals surface area contributed by atoms with Crippen LogP contribution in [0.1, 0.15) is 11.3 Å². The fourth-order valence-corrected chi connectivity index (χ4v) is 5.37. The van der Waals surface area contributed by atoms with E-state index in [2.05, 4.69) is 32.8 Å². The zero-order chi connectivity index (χ0) is 22.7. The summed E-state index contributed by atoms with van der Waals surface area (Å²) in [5, 5.41) is 0.927. The van der Waals surface area contributed by atoms with Gasteiger partial charge in [-0.1, -0.05) is 23.9 Å². The van der Waals surface area contributed by atoms with Crippen LogP contribution in [-0.2, 0) is 20.0 Å². The van der Waals surface area contributed by atoms with E-state index >= 15 is 0 Å². The molecule has 1 aliphatic rings. The van der Waals surface area contributed by atoms with Gasteiger partial charge < -0.3 is 19.2 Å². The maximum absolute atomic E-state index is 5.74. The number of rotatable bonds is 13. The predicted octanol–water partition coefficient (Wildman–Crippen LogP) is 4.02. The molecule has 0 bridgehead atoms. The highest BCUT2D eigenvalue weighted by molar-refractivity contribution is 7.99. The van der Waals surface area contributed by atoms with Crippen LogP contribution in [0.3, 0.4) is 0 Å². The van der Waals surface area contributed by atoms with Gasteiger partial charge in [0, 0.05) is 42.2 Å². The monoisotopic (exact) mass is 488 g/mol. The Morgan fingerprint density at radius 2 is 1.85 bits per heavy atom. The topological polar surface area (TPSA) is 72.5 Å². The number of nitrogens with zero attached hydrogens (tertiary/aromatic N) is 3. The van der Waals surface area contributed by atoms with E-state index in [1.807, 2.05) is 42.2 Å². The van der Waals surface area contributed by atoms with Gasteiger partial charge in [-0.05, 0) is 30.7 Å². The maximum Gasteiger partial charge on any atom is 0.166 e. The van der Waals surface area contributed by atoms with E-state index in [0.717, 1.165) is 72.8 Å². The summed E-state index contributed by atoms with van der Waals surface area (Å²) in [6.07, 6.45) is 1.90. The molecule has 0 saturated carbocycles.